The third kappa shape index (κ3) is 1.32. The number of nitrogens with zero attached hydrogens (tertiary/aromatic N) is 2. The molecule has 1 heterocycles. The lowest BCUT2D eigenvalue weighted by Gasteiger charge is -2.15. The van der Waals surface area contributed by atoms with E-state index in [2.05, 4.69) is 37.1 Å². The van der Waals surface area contributed by atoms with Gasteiger partial charge in [0.15, 0.2) is 0 Å². The van der Waals surface area contributed by atoms with Crippen LogP contribution in [0.25, 0.3) is 0 Å². The number of halogens is 2. The second-order valence-corrected chi connectivity index (χ2v) is 3.07. The Bertz CT molecular complexity index is 116. The fourth-order valence-corrected chi connectivity index (χ4v) is 0.853. The summed E-state index contributed by atoms with van der Waals surface area (Å²) < 4.78 is 1.83. The normalized spacial score (nSPS) is 26.8. The van der Waals surface area contributed by atoms with Crippen LogP contribution >= 0.6 is 32.1 Å². The van der Waals surface area contributed by atoms with Crippen molar-refractivity contribution in [1.82, 2.24) is 3.93 Å². The molecule has 2 nitrogen and oxygen atoms in total. The van der Waals surface area contributed by atoms with Crippen molar-refractivity contribution in [1.29, 1.82) is 0 Å². The second kappa shape index (κ2) is 2.64. The van der Waals surface area contributed by atoms with Crippen LogP contribution in [0, 0.1) is 0 Å². The van der Waals surface area contributed by atoms with E-state index >= 15 is 0 Å². The molecule has 0 spiro atoms. The Morgan fingerprint density at radius 2 is 2.38 bits per heavy atom. The lowest BCUT2D eigenvalue weighted by Crippen LogP contribution is -2.17. The molecule has 0 radical (unpaired) electrons. The predicted octanol–water partition coefficient (Wildman–Crippen LogP) is 1.87. The average Bonchev–Trinajstić information content (AvgIpc) is 1.77. The van der Waals surface area contributed by atoms with E-state index in [0.717, 1.165) is 0 Å². The van der Waals surface area contributed by atoms with Crippen LogP contribution in [-0.4, -0.2) is 15.1 Å². The molecule has 1 unspecified atom stereocenters. The van der Waals surface area contributed by atoms with E-state index in [1.807, 2.05) is 10.1 Å². The van der Waals surface area contributed by atoms with Gasteiger partial charge in [0.1, 0.15) is 4.95 Å². The molecule has 1 aliphatic heterocycles. The van der Waals surface area contributed by atoms with Gasteiger partial charge in [-0.2, -0.15) is 0 Å². The summed E-state index contributed by atoms with van der Waals surface area (Å²) in [6.07, 6.45) is 5.33. The van der Waals surface area contributed by atoms with E-state index in [1.54, 1.807) is 12.4 Å². The van der Waals surface area contributed by atoms with E-state index in [0.29, 0.717) is 0 Å². The van der Waals surface area contributed by atoms with Gasteiger partial charge in [-0.15, -0.1) is 0 Å². The van der Waals surface area contributed by atoms with Crippen molar-refractivity contribution in [3.8, 4) is 0 Å². The second-order valence-electron chi connectivity index (χ2n) is 1.31. The third-order valence-electron chi connectivity index (χ3n) is 0.740. The number of rotatable bonds is 0. The van der Waals surface area contributed by atoms with E-state index < -0.39 is 0 Å². The van der Waals surface area contributed by atoms with Crippen molar-refractivity contribution in [2.24, 2.45) is 4.99 Å². The summed E-state index contributed by atoms with van der Waals surface area (Å²) in [7, 11) is 0. The maximum absolute atomic E-state index is 3.88. The van der Waals surface area contributed by atoms with E-state index in [4.69, 9.17) is 0 Å². The zero-order valence-electron chi connectivity index (χ0n) is 3.96. The first-order valence-corrected chi connectivity index (χ1v) is 3.71. The quantitative estimate of drug-likeness (QED) is 0.358. The zero-order chi connectivity index (χ0) is 5.98. The summed E-state index contributed by atoms with van der Waals surface area (Å²) in [5.74, 6) is 0. The summed E-state index contributed by atoms with van der Waals surface area (Å²) in [4.78, 5) is 4.07. The molecule has 0 aromatic carbocycles. The van der Waals surface area contributed by atoms with Gasteiger partial charge >= 0.3 is 0 Å². The molecular formula is C4H4Br2N2. The molecule has 1 aliphatic rings. The largest absolute Gasteiger partial charge is 0.295 e. The molecule has 8 heavy (non-hydrogen) atoms. The summed E-state index contributed by atoms with van der Waals surface area (Å²) in [5.41, 5.74) is 0. The van der Waals surface area contributed by atoms with Crippen molar-refractivity contribution < 1.29 is 0 Å². The summed E-state index contributed by atoms with van der Waals surface area (Å²) in [5, 5.41) is 0. The Hall–Kier alpha value is 0.170. The van der Waals surface area contributed by atoms with Crippen LogP contribution in [0.5, 0.6) is 0 Å². The Balaban J connectivity index is 2.59. The van der Waals surface area contributed by atoms with Gasteiger partial charge in [0, 0.05) is 18.6 Å². The van der Waals surface area contributed by atoms with Crippen LogP contribution in [0.15, 0.2) is 17.4 Å². The molecule has 0 aromatic heterocycles. The first-order valence-electron chi connectivity index (χ1n) is 2.09. The van der Waals surface area contributed by atoms with Gasteiger partial charge in [-0.3, -0.25) is 8.92 Å². The standard InChI is InChI=1S/C4H4Br2N2/c5-4-3-7-1-2-8(4)6/h1-4H. The molecule has 1 rings (SSSR count). The SMILES string of the molecule is BrC1C=NC=CN1Br. The minimum atomic E-state index is 0.187. The fourth-order valence-electron chi connectivity index (χ4n) is 0.369. The van der Waals surface area contributed by atoms with Gasteiger partial charge in [0.2, 0.25) is 0 Å². The Labute approximate surface area is 64.7 Å². The van der Waals surface area contributed by atoms with Gasteiger partial charge < -0.3 is 0 Å². The van der Waals surface area contributed by atoms with Gasteiger partial charge in [0.05, 0.1) is 16.1 Å². The number of alkyl halides is 1. The lowest BCUT2D eigenvalue weighted by molar-refractivity contribution is 0.707. The molecule has 0 fully saturated rings. The highest BCUT2D eigenvalue weighted by molar-refractivity contribution is 9.11. The average molecular weight is 240 g/mol. The van der Waals surface area contributed by atoms with Crippen LogP contribution < -0.4 is 0 Å². The molecular weight excluding hydrogens is 236 g/mol. The van der Waals surface area contributed by atoms with Crippen LogP contribution in [-0.2, 0) is 0 Å². The summed E-state index contributed by atoms with van der Waals surface area (Å²) in [6, 6.07) is 0. The molecule has 4 heteroatoms. The smallest absolute Gasteiger partial charge is 0.130 e. The molecule has 44 valence electrons. The van der Waals surface area contributed by atoms with E-state index in [-0.39, 0.29) is 4.95 Å². The monoisotopic (exact) mass is 238 g/mol. The fraction of sp³-hybridized carbons (Fsp3) is 0.250. The Kier molecular flexibility index (Phi) is 2.08. The van der Waals surface area contributed by atoms with E-state index in [1.165, 1.54) is 0 Å². The highest BCUT2D eigenvalue weighted by atomic mass is 79.9. The zero-order valence-corrected chi connectivity index (χ0v) is 7.13. The topological polar surface area (TPSA) is 15.6 Å². The van der Waals surface area contributed by atoms with Gasteiger partial charge in [-0.1, -0.05) is 15.9 Å². The van der Waals surface area contributed by atoms with Gasteiger partial charge in [0.25, 0.3) is 0 Å². The minimum Gasteiger partial charge on any atom is -0.295 e. The lowest BCUT2D eigenvalue weighted by atomic mass is 10.6. The van der Waals surface area contributed by atoms with Crippen molar-refractivity contribution >= 4 is 38.3 Å². The molecule has 0 amide bonds. The van der Waals surface area contributed by atoms with Crippen LogP contribution in [0.2, 0.25) is 0 Å². The van der Waals surface area contributed by atoms with E-state index in [9.17, 15) is 0 Å². The molecule has 0 aliphatic carbocycles. The van der Waals surface area contributed by atoms with Crippen molar-refractivity contribution in [3.63, 3.8) is 0 Å². The molecule has 0 N–H and O–H groups in total. The maximum Gasteiger partial charge on any atom is 0.130 e. The first-order chi connectivity index (χ1) is 3.80. The third-order valence-corrected chi connectivity index (χ3v) is 2.64. The van der Waals surface area contributed by atoms with Crippen LogP contribution in [0.4, 0.5) is 0 Å². The minimum absolute atomic E-state index is 0.187. The highest BCUT2D eigenvalue weighted by Gasteiger charge is 2.06. The number of aliphatic imine (C=N–C) groups is 1. The summed E-state index contributed by atoms with van der Waals surface area (Å²) >= 11 is 6.59. The molecule has 1 atom stereocenters. The first kappa shape index (κ1) is 6.29. The van der Waals surface area contributed by atoms with Gasteiger partial charge in [-0.05, 0) is 0 Å². The van der Waals surface area contributed by atoms with Gasteiger partial charge in [-0.25, -0.2) is 0 Å². The molecule has 0 saturated heterocycles. The molecule has 0 aromatic rings. The maximum atomic E-state index is 3.88. The highest BCUT2D eigenvalue weighted by Crippen LogP contribution is 2.13. The molecule has 0 saturated carbocycles. The predicted molar refractivity (Wildman–Crippen MR) is 41.1 cm³/mol. The Morgan fingerprint density at radius 3 is 2.75 bits per heavy atom. The van der Waals surface area contributed by atoms with Crippen LogP contribution in [0.1, 0.15) is 0 Å². The summed E-state index contributed by atoms with van der Waals surface area (Å²) in [6.45, 7) is 0. The van der Waals surface area contributed by atoms with Crippen molar-refractivity contribution in [2.45, 2.75) is 4.95 Å². The number of hydrogen-bond acceptors (Lipinski definition) is 2. The number of hydrogen-bond donors (Lipinski definition) is 0. The van der Waals surface area contributed by atoms with Crippen LogP contribution in [0.3, 0.4) is 0 Å². The molecule has 0 bridgehead atoms. The Morgan fingerprint density at radius 1 is 1.62 bits per heavy atom. The van der Waals surface area contributed by atoms with Crippen molar-refractivity contribution in [3.05, 3.63) is 12.4 Å². The van der Waals surface area contributed by atoms with Crippen molar-refractivity contribution in [2.75, 3.05) is 0 Å².